The van der Waals surface area contributed by atoms with E-state index >= 15 is 0 Å². The number of hydrogen-bond donors (Lipinski definition) is 2. The fourth-order valence-corrected chi connectivity index (χ4v) is 3.68. The summed E-state index contributed by atoms with van der Waals surface area (Å²) in [5, 5.41) is 2.67. The lowest BCUT2D eigenvalue weighted by Gasteiger charge is -2.38. The molecule has 29 heavy (non-hydrogen) atoms. The van der Waals surface area contributed by atoms with E-state index in [2.05, 4.69) is 10.3 Å². The second-order valence-electron chi connectivity index (χ2n) is 7.14. The number of piperidine rings is 1. The van der Waals surface area contributed by atoms with E-state index in [1.807, 2.05) is 6.92 Å². The van der Waals surface area contributed by atoms with Crippen LogP contribution in [0, 0.1) is 11.7 Å². The van der Waals surface area contributed by atoms with Crippen molar-refractivity contribution in [2.75, 3.05) is 11.9 Å². The number of pyridine rings is 1. The number of primary amides is 1. The van der Waals surface area contributed by atoms with E-state index in [4.69, 9.17) is 17.3 Å². The van der Waals surface area contributed by atoms with E-state index in [0.717, 1.165) is 6.42 Å². The number of nitrogens with two attached hydrogens (primary N) is 1. The monoisotopic (exact) mass is 418 g/mol. The average Bonchev–Trinajstić information content (AvgIpc) is 2.66. The molecule has 1 aromatic carbocycles. The molecule has 152 valence electrons. The molecular formula is C20H20ClFN4O3. The van der Waals surface area contributed by atoms with Crippen molar-refractivity contribution in [3.63, 3.8) is 0 Å². The molecule has 1 unspecified atom stereocenters. The number of nitrogens with one attached hydrogen (secondary N) is 1. The molecule has 3 N–H and O–H groups in total. The summed E-state index contributed by atoms with van der Waals surface area (Å²) in [7, 11) is 0. The van der Waals surface area contributed by atoms with Crippen molar-refractivity contribution in [3.05, 3.63) is 58.6 Å². The summed E-state index contributed by atoms with van der Waals surface area (Å²) in [5.74, 6) is -2.65. The quantitative estimate of drug-likeness (QED) is 0.747. The molecule has 1 aromatic heterocycles. The minimum Gasteiger partial charge on any atom is -0.366 e. The van der Waals surface area contributed by atoms with Crippen molar-refractivity contribution < 1.29 is 18.8 Å². The van der Waals surface area contributed by atoms with Crippen LogP contribution >= 0.6 is 11.6 Å². The second-order valence-corrected chi connectivity index (χ2v) is 7.58. The summed E-state index contributed by atoms with van der Waals surface area (Å²) >= 11 is 5.97. The van der Waals surface area contributed by atoms with Crippen molar-refractivity contribution in [2.45, 2.75) is 25.8 Å². The molecule has 1 aliphatic rings. The Bertz CT molecular complexity index is 948. The first-order chi connectivity index (χ1) is 13.7. The maximum absolute atomic E-state index is 13.8. The predicted molar refractivity (Wildman–Crippen MR) is 106 cm³/mol. The number of carbonyl (C=O) groups excluding carboxylic acids is 3. The Hall–Kier alpha value is -3.00. The van der Waals surface area contributed by atoms with Gasteiger partial charge in [-0.05, 0) is 48.6 Å². The van der Waals surface area contributed by atoms with Crippen LogP contribution in [0.2, 0.25) is 5.02 Å². The number of hydrogen-bond acceptors (Lipinski definition) is 4. The molecule has 1 fully saturated rings. The van der Waals surface area contributed by atoms with Gasteiger partial charge in [-0.2, -0.15) is 0 Å². The topological polar surface area (TPSA) is 105 Å². The highest BCUT2D eigenvalue weighted by atomic mass is 35.5. The number of benzene rings is 1. The molecular weight excluding hydrogens is 399 g/mol. The Morgan fingerprint density at radius 3 is 2.66 bits per heavy atom. The van der Waals surface area contributed by atoms with E-state index < -0.39 is 29.6 Å². The standard InChI is InChI=1S/C20H20ClFN4O3/c1-11-2-3-17(12-4-14(21)7-15(22)5-12)26(10-11)20(29)19(28)25-16-6-13(18(23)27)8-24-9-16/h4-9,11,17H,2-3,10H2,1H3,(H2,23,27)(H,25,28)/t11-,17?/m0/s1. The third-order valence-corrected chi connectivity index (χ3v) is 5.04. The minimum atomic E-state index is -0.880. The maximum atomic E-state index is 13.8. The summed E-state index contributed by atoms with van der Waals surface area (Å²) in [4.78, 5) is 42.0. The minimum absolute atomic E-state index is 0.106. The fraction of sp³-hybridized carbons (Fsp3) is 0.300. The van der Waals surface area contributed by atoms with Crippen molar-refractivity contribution >= 4 is 35.0 Å². The van der Waals surface area contributed by atoms with Crippen LogP contribution in [0.5, 0.6) is 0 Å². The first-order valence-electron chi connectivity index (χ1n) is 9.07. The van der Waals surface area contributed by atoms with Gasteiger partial charge in [0.25, 0.3) is 0 Å². The van der Waals surface area contributed by atoms with Crippen LogP contribution in [0.25, 0.3) is 0 Å². The van der Waals surface area contributed by atoms with Gasteiger partial charge in [-0.3, -0.25) is 19.4 Å². The molecule has 3 rings (SSSR count). The molecule has 0 aliphatic carbocycles. The molecule has 1 saturated heterocycles. The van der Waals surface area contributed by atoms with Crippen molar-refractivity contribution in [3.8, 4) is 0 Å². The zero-order valence-corrected chi connectivity index (χ0v) is 16.4. The highest BCUT2D eigenvalue weighted by molar-refractivity contribution is 6.39. The smallest absolute Gasteiger partial charge is 0.313 e. The van der Waals surface area contributed by atoms with E-state index in [1.54, 1.807) is 6.07 Å². The van der Waals surface area contributed by atoms with E-state index in [-0.39, 0.29) is 22.2 Å². The van der Waals surface area contributed by atoms with Crippen molar-refractivity contribution in [1.29, 1.82) is 0 Å². The molecule has 1 aliphatic heterocycles. The number of likely N-dealkylation sites (tertiary alicyclic amines) is 1. The fourth-order valence-electron chi connectivity index (χ4n) is 3.45. The van der Waals surface area contributed by atoms with Gasteiger partial charge in [-0.1, -0.05) is 18.5 Å². The molecule has 2 heterocycles. The molecule has 9 heteroatoms. The lowest BCUT2D eigenvalue weighted by Crippen LogP contribution is -2.46. The van der Waals surface area contributed by atoms with E-state index in [9.17, 15) is 18.8 Å². The van der Waals surface area contributed by atoms with Gasteiger partial charge in [0.05, 0.1) is 23.5 Å². The SMILES string of the molecule is C[C@H]1CCC(c2cc(F)cc(Cl)c2)N(C(=O)C(=O)Nc2cncc(C(N)=O)c2)C1. The van der Waals surface area contributed by atoms with Crippen molar-refractivity contribution in [1.82, 2.24) is 9.88 Å². The Morgan fingerprint density at radius 1 is 1.21 bits per heavy atom. The van der Waals surface area contributed by atoms with Gasteiger partial charge < -0.3 is 16.0 Å². The molecule has 0 spiro atoms. The van der Waals surface area contributed by atoms with Gasteiger partial charge in [-0.15, -0.1) is 0 Å². The Morgan fingerprint density at radius 2 is 1.97 bits per heavy atom. The summed E-state index contributed by atoms with van der Waals surface area (Å²) in [6.45, 7) is 2.33. The van der Waals surface area contributed by atoms with Gasteiger partial charge in [0.1, 0.15) is 5.82 Å². The number of amides is 3. The number of anilines is 1. The van der Waals surface area contributed by atoms with Gasteiger partial charge in [0.2, 0.25) is 5.91 Å². The van der Waals surface area contributed by atoms with Crippen LogP contribution in [0.1, 0.15) is 41.7 Å². The number of rotatable bonds is 3. The Labute approximate surface area is 172 Å². The normalized spacial score (nSPS) is 18.9. The molecule has 0 radical (unpaired) electrons. The summed E-state index contributed by atoms with van der Waals surface area (Å²) in [6, 6.07) is 4.99. The zero-order chi connectivity index (χ0) is 21.1. The van der Waals surface area contributed by atoms with E-state index in [0.29, 0.717) is 18.5 Å². The highest BCUT2D eigenvalue weighted by Gasteiger charge is 2.34. The first kappa shape index (κ1) is 20.7. The molecule has 2 atom stereocenters. The van der Waals surface area contributed by atoms with Gasteiger partial charge in [0, 0.05) is 17.8 Å². The summed E-state index contributed by atoms with van der Waals surface area (Å²) in [6.07, 6.45) is 3.98. The molecule has 0 saturated carbocycles. The van der Waals surface area contributed by atoms with Crippen LogP contribution < -0.4 is 11.1 Å². The van der Waals surface area contributed by atoms with Crippen molar-refractivity contribution in [2.24, 2.45) is 11.7 Å². The third-order valence-electron chi connectivity index (χ3n) is 4.82. The number of aromatic nitrogens is 1. The molecule has 7 nitrogen and oxygen atoms in total. The molecule has 2 aromatic rings. The van der Waals surface area contributed by atoms with Crippen LogP contribution in [-0.2, 0) is 9.59 Å². The van der Waals surface area contributed by atoms with Crippen LogP contribution in [0.15, 0.2) is 36.7 Å². The predicted octanol–water partition coefficient (Wildman–Crippen LogP) is 2.91. The Kier molecular flexibility index (Phi) is 6.12. The third kappa shape index (κ3) is 4.89. The van der Waals surface area contributed by atoms with Crippen LogP contribution in [0.3, 0.4) is 0 Å². The van der Waals surface area contributed by atoms with E-state index in [1.165, 1.54) is 35.5 Å². The van der Waals surface area contributed by atoms with Gasteiger partial charge in [-0.25, -0.2) is 4.39 Å². The number of halogens is 2. The molecule has 3 amide bonds. The molecule has 0 bridgehead atoms. The first-order valence-corrected chi connectivity index (χ1v) is 9.45. The lowest BCUT2D eigenvalue weighted by molar-refractivity contribution is -0.146. The highest BCUT2D eigenvalue weighted by Crippen LogP contribution is 2.35. The second kappa shape index (κ2) is 8.57. The zero-order valence-electron chi connectivity index (χ0n) is 15.7. The average molecular weight is 419 g/mol. The van der Waals surface area contributed by atoms with Gasteiger partial charge >= 0.3 is 11.8 Å². The number of nitrogens with zero attached hydrogens (tertiary/aromatic N) is 2. The summed E-state index contributed by atoms with van der Waals surface area (Å²) < 4.78 is 13.8. The Balaban J connectivity index is 1.83. The largest absolute Gasteiger partial charge is 0.366 e. The number of carbonyl (C=O) groups is 3. The van der Waals surface area contributed by atoms with Crippen LogP contribution in [-0.4, -0.2) is 34.2 Å². The maximum Gasteiger partial charge on any atom is 0.313 e. The van der Waals surface area contributed by atoms with Crippen LogP contribution in [0.4, 0.5) is 10.1 Å². The van der Waals surface area contributed by atoms with Gasteiger partial charge in [0.15, 0.2) is 0 Å². The summed E-state index contributed by atoms with van der Waals surface area (Å²) in [5.41, 5.74) is 6.03. The lowest BCUT2D eigenvalue weighted by atomic mass is 9.89.